The molecule has 4 N–H and O–H groups in total. The molecule has 0 aromatic carbocycles. The first-order chi connectivity index (χ1) is 9.82. The monoisotopic (exact) mass is 458 g/mol. The molecule has 132 valence electrons. The first-order valence-electron chi connectivity index (χ1n) is 5.56. The fourth-order valence-electron chi connectivity index (χ4n) is 1.67. The number of phosphoric ester groups is 2. The molecule has 1 heterocycles. The van der Waals surface area contributed by atoms with Gasteiger partial charge in [0.15, 0.2) is 6.29 Å². The Kier molecular flexibility index (Phi) is 22.6. The van der Waals surface area contributed by atoms with Gasteiger partial charge in [0.1, 0.15) is 30.5 Å². The summed E-state index contributed by atoms with van der Waals surface area (Å²) in [5.74, 6) is 0. The average Bonchev–Trinajstić information content (AvgIpc) is 2.34. The molecule has 1 saturated heterocycles. The third-order valence-electron chi connectivity index (χ3n) is 2.62. The van der Waals surface area contributed by atoms with Crippen LogP contribution in [0.4, 0.5) is 0 Å². The predicted octanol–water partition coefficient (Wildman–Crippen LogP) is -18.1. The SMILES string of the molecule is O=P([O-])([O-])OC[C@@H](O)[C@H]1O[C@H](OP(=O)([O-])[O-])[C@@H](O)[C@@H](O)[C@@H]1O.[Na+].[Na+].[Na+].[Na+]. The van der Waals surface area contributed by atoms with Crippen LogP contribution in [0.1, 0.15) is 0 Å². The zero-order valence-corrected chi connectivity index (χ0v) is 24.3. The van der Waals surface area contributed by atoms with E-state index in [4.69, 9.17) is 0 Å². The average molecular weight is 458 g/mol. The molecule has 1 rings (SSSR count). The van der Waals surface area contributed by atoms with Crippen molar-refractivity contribution in [2.24, 2.45) is 0 Å². The fraction of sp³-hybridized carbons (Fsp3) is 1.00. The van der Waals surface area contributed by atoms with E-state index in [0.29, 0.717) is 0 Å². The van der Waals surface area contributed by atoms with Gasteiger partial charge in [-0.05, 0) is 0 Å². The maximum atomic E-state index is 10.5. The number of hydrogen-bond acceptors (Lipinski definition) is 13. The Morgan fingerprint density at radius 1 is 0.885 bits per heavy atom. The Labute approximate surface area is 236 Å². The number of ether oxygens (including phenoxy) is 1. The Balaban J connectivity index is -0.000000605. The van der Waals surface area contributed by atoms with E-state index >= 15 is 0 Å². The van der Waals surface area contributed by atoms with Crippen LogP contribution in [-0.2, 0) is 22.9 Å². The van der Waals surface area contributed by atoms with E-state index in [1.807, 2.05) is 0 Å². The van der Waals surface area contributed by atoms with Gasteiger partial charge in [-0.25, -0.2) is 0 Å². The smallest absolute Gasteiger partial charge is 0.790 e. The summed E-state index contributed by atoms with van der Waals surface area (Å²) in [4.78, 5) is 41.5. The molecular formula is C7H12Na4O13P2. The standard InChI is InChI=1S/C7H16O13P2.4Na/c8-2(1-18-21(12,13)14)6-4(10)3(9)5(11)7(19-6)20-22(15,16)17;;;;/h2-11H,1H2,(H2,12,13,14)(H2,15,16,17);;;;/q;4*+1/p-4/t2-,3+,4+,5+,6-,7-;;;;/m1..../s1. The van der Waals surface area contributed by atoms with Crippen molar-refractivity contribution in [2.75, 3.05) is 6.61 Å². The van der Waals surface area contributed by atoms with Crippen LogP contribution in [0.15, 0.2) is 0 Å². The van der Waals surface area contributed by atoms with Crippen LogP contribution in [0, 0.1) is 0 Å². The minimum Gasteiger partial charge on any atom is -0.790 e. The van der Waals surface area contributed by atoms with Crippen LogP contribution in [0.25, 0.3) is 0 Å². The Hall–Kier alpha value is 4.02. The second kappa shape index (κ2) is 15.8. The van der Waals surface area contributed by atoms with Crippen LogP contribution >= 0.6 is 15.6 Å². The molecule has 0 unspecified atom stereocenters. The molecule has 1 aliphatic heterocycles. The fourth-order valence-corrected chi connectivity index (χ4v) is 2.43. The third-order valence-corrected chi connectivity index (χ3v) is 3.55. The first kappa shape index (κ1) is 37.3. The summed E-state index contributed by atoms with van der Waals surface area (Å²) < 4.78 is 32.9. The van der Waals surface area contributed by atoms with Gasteiger partial charge in [-0.3, -0.25) is 0 Å². The molecule has 0 aromatic heterocycles. The van der Waals surface area contributed by atoms with Gasteiger partial charge in [-0.2, -0.15) is 0 Å². The van der Waals surface area contributed by atoms with Gasteiger partial charge in [-0.1, -0.05) is 0 Å². The number of phosphoric acid groups is 2. The molecule has 0 bridgehead atoms. The minimum atomic E-state index is -5.65. The van der Waals surface area contributed by atoms with Crippen molar-refractivity contribution in [3.05, 3.63) is 0 Å². The molecule has 0 saturated carbocycles. The van der Waals surface area contributed by atoms with Gasteiger partial charge >= 0.3 is 118 Å². The van der Waals surface area contributed by atoms with Crippen molar-refractivity contribution in [1.29, 1.82) is 0 Å². The molecule has 0 amide bonds. The van der Waals surface area contributed by atoms with Gasteiger partial charge < -0.3 is 62.9 Å². The maximum absolute atomic E-state index is 10.5. The van der Waals surface area contributed by atoms with E-state index in [9.17, 15) is 49.1 Å². The summed E-state index contributed by atoms with van der Waals surface area (Å²) in [5.41, 5.74) is 0. The molecular weight excluding hydrogens is 446 g/mol. The summed E-state index contributed by atoms with van der Waals surface area (Å²) in [5, 5.41) is 38.0. The molecule has 13 nitrogen and oxygen atoms in total. The normalized spacial score (nSPS) is 29.9. The summed E-state index contributed by atoms with van der Waals surface area (Å²) in [6, 6.07) is 0. The Morgan fingerprint density at radius 2 is 1.35 bits per heavy atom. The number of rotatable bonds is 6. The number of aliphatic hydroxyl groups excluding tert-OH is 4. The Morgan fingerprint density at radius 3 is 1.73 bits per heavy atom. The molecule has 1 fully saturated rings. The van der Waals surface area contributed by atoms with Crippen molar-refractivity contribution in [2.45, 2.75) is 36.8 Å². The summed E-state index contributed by atoms with van der Waals surface area (Å²) in [6.07, 6.45) is -12.5. The van der Waals surface area contributed by atoms with E-state index in [1.54, 1.807) is 0 Å². The van der Waals surface area contributed by atoms with Crippen LogP contribution in [0.2, 0.25) is 0 Å². The summed E-state index contributed by atoms with van der Waals surface area (Å²) >= 11 is 0. The largest absolute Gasteiger partial charge is 1.00 e. The zero-order chi connectivity index (χ0) is 17.3. The van der Waals surface area contributed by atoms with Crippen molar-refractivity contribution in [3.63, 3.8) is 0 Å². The van der Waals surface area contributed by atoms with Crippen LogP contribution < -0.4 is 138 Å². The summed E-state index contributed by atoms with van der Waals surface area (Å²) in [7, 11) is -11.1. The second-order valence-electron chi connectivity index (χ2n) is 4.30. The third kappa shape index (κ3) is 13.4. The van der Waals surface area contributed by atoms with Crippen molar-refractivity contribution < 1.29 is 181 Å². The van der Waals surface area contributed by atoms with Crippen molar-refractivity contribution >= 4 is 15.6 Å². The summed E-state index contributed by atoms with van der Waals surface area (Å²) in [6.45, 7) is -1.19. The molecule has 0 aliphatic carbocycles. The molecule has 0 spiro atoms. The van der Waals surface area contributed by atoms with Crippen LogP contribution in [0.3, 0.4) is 0 Å². The molecule has 6 atom stereocenters. The second-order valence-corrected chi connectivity index (χ2v) is 6.56. The van der Waals surface area contributed by atoms with E-state index in [1.165, 1.54) is 0 Å². The van der Waals surface area contributed by atoms with E-state index in [0.717, 1.165) is 0 Å². The molecule has 1 aliphatic rings. The predicted molar refractivity (Wildman–Crippen MR) is 54.9 cm³/mol. The Bertz CT molecular complexity index is 473. The maximum Gasteiger partial charge on any atom is 1.00 e. The molecule has 0 aromatic rings. The van der Waals surface area contributed by atoms with Crippen molar-refractivity contribution in [3.8, 4) is 0 Å². The van der Waals surface area contributed by atoms with Crippen LogP contribution in [-0.4, -0.2) is 63.8 Å². The van der Waals surface area contributed by atoms with Gasteiger partial charge in [0, 0.05) is 0 Å². The van der Waals surface area contributed by atoms with Gasteiger partial charge in [-0.15, -0.1) is 0 Å². The number of hydrogen-bond donors (Lipinski definition) is 4. The minimum absolute atomic E-state index is 0. The number of aliphatic hydroxyl groups is 4. The van der Waals surface area contributed by atoms with Gasteiger partial charge in [0.2, 0.25) is 0 Å². The van der Waals surface area contributed by atoms with Gasteiger partial charge in [0.25, 0.3) is 0 Å². The first-order valence-corrected chi connectivity index (χ1v) is 8.49. The molecule has 26 heavy (non-hydrogen) atoms. The molecule has 19 heteroatoms. The topological polar surface area (TPSA) is 235 Å². The zero-order valence-electron chi connectivity index (χ0n) is 14.5. The quantitative estimate of drug-likeness (QED) is 0.214. The molecule has 0 radical (unpaired) electrons. The van der Waals surface area contributed by atoms with Gasteiger partial charge in [0.05, 0.1) is 22.3 Å². The van der Waals surface area contributed by atoms with E-state index in [-0.39, 0.29) is 118 Å². The van der Waals surface area contributed by atoms with E-state index < -0.39 is 59.1 Å². The van der Waals surface area contributed by atoms with Crippen molar-refractivity contribution in [1.82, 2.24) is 0 Å². The van der Waals surface area contributed by atoms with Crippen LogP contribution in [0.5, 0.6) is 0 Å². The van der Waals surface area contributed by atoms with E-state index in [2.05, 4.69) is 13.8 Å².